The average molecular weight is 241 g/mol. The van der Waals surface area contributed by atoms with Gasteiger partial charge in [-0.05, 0) is 24.6 Å². The number of benzene rings is 1. The molecule has 0 bridgehead atoms. The number of carbonyl (C=O) groups excluding carboxylic acids is 1. The highest BCUT2D eigenvalue weighted by Gasteiger charge is 2.08. The van der Waals surface area contributed by atoms with Crippen LogP contribution in [-0.2, 0) is 4.79 Å². The topological polar surface area (TPSA) is 32.3 Å². The summed E-state index contributed by atoms with van der Waals surface area (Å²) in [6.45, 7) is 2.34. The van der Waals surface area contributed by atoms with Crippen LogP contribution in [0.5, 0.6) is 0 Å². The number of hydrogen-bond donors (Lipinski definition) is 1. The maximum Gasteiger partial charge on any atom is 0.236 e. The summed E-state index contributed by atoms with van der Waals surface area (Å²) in [5.74, 6) is 0.0638. The standard InChI is InChI=1S/C12H17ClN2O/c1-9(14-8-12(16)15(2)3)10-5-4-6-11(13)7-10/h4-7,9,14H,8H2,1-3H3/t9-/m0/s1. The van der Waals surface area contributed by atoms with Gasteiger partial charge in [0.1, 0.15) is 0 Å². The molecule has 1 rings (SSSR count). The van der Waals surface area contributed by atoms with E-state index in [2.05, 4.69) is 5.32 Å². The molecule has 0 saturated heterocycles. The molecule has 0 aliphatic heterocycles. The van der Waals surface area contributed by atoms with E-state index in [4.69, 9.17) is 11.6 Å². The second kappa shape index (κ2) is 5.87. The minimum Gasteiger partial charge on any atom is -0.348 e. The molecular weight excluding hydrogens is 224 g/mol. The summed E-state index contributed by atoms with van der Waals surface area (Å²) in [5, 5.41) is 3.87. The van der Waals surface area contributed by atoms with Crippen LogP contribution < -0.4 is 5.32 Å². The summed E-state index contributed by atoms with van der Waals surface area (Å²) in [5.41, 5.74) is 1.08. The Labute approximate surface area is 101 Å². The Hall–Kier alpha value is -1.06. The van der Waals surface area contributed by atoms with Crippen LogP contribution in [0.1, 0.15) is 18.5 Å². The second-order valence-electron chi connectivity index (χ2n) is 3.95. The third-order valence-corrected chi connectivity index (χ3v) is 2.64. The Morgan fingerprint density at radius 3 is 2.75 bits per heavy atom. The quantitative estimate of drug-likeness (QED) is 0.874. The van der Waals surface area contributed by atoms with Gasteiger partial charge in [-0.1, -0.05) is 23.7 Å². The monoisotopic (exact) mass is 240 g/mol. The Morgan fingerprint density at radius 1 is 1.50 bits per heavy atom. The summed E-state index contributed by atoms with van der Waals surface area (Å²) in [4.78, 5) is 13.0. The molecule has 3 nitrogen and oxygen atoms in total. The smallest absolute Gasteiger partial charge is 0.236 e. The lowest BCUT2D eigenvalue weighted by atomic mass is 10.1. The number of likely N-dealkylation sites (N-methyl/N-ethyl adjacent to an activating group) is 1. The Kier molecular flexibility index (Phi) is 4.77. The van der Waals surface area contributed by atoms with E-state index in [1.807, 2.05) is 31.2 Å². The van der Waals surface area contributed by atoms with Crippen LogP contribution in [0.3, 0.4) is 0 Å². The van der Waals surface area contributed by atoms with Crippen molar-refractivity contribution >= 4 is 17.5 Å². The van der Waals surface area contributed by atoms with Crippen molar-refractivity contribution in [1.82, 2.24) is 10.2 Å². The molecule has 0 spiro atoms. The van der Waals surface area contributed by atoms with Crippen LogP contribution in [-0.4, -0.2) is 31.4 Å². The van der Waals surface area contributed by atoms with Gasteiger partial charge < -0.3 is 10.2 Å². The van der Waals surface area contributed by atoms with Gasteiger partial charge in [0.05, 0.1) is 6.54 Å². The maximum absolute atomic E-state index is 11.4. The van der Waals surface area contributed by atoms with E-state index in [1.165, 1.54) is 0 Å². The summed E-state index contributed by atoms with van der Waals surface area (Å²) in [6, 6.07) is 7.75. The van der Waals surface area contributed by atoms with Crippen LogP contribution >= 0.6 is 11.6 Å². The van der Waals surface area contributed by atoms with Crippen molar-refractivity contribution in [3.05, 3.63) is 34.9 Å². The van der Waals surface area contributed by atoms with Crippen molar-refractivity contribution in [1.29, 1.82) is 0 Å². The molecule has 4 heteroatoms. The highest BCUT2D eigenvalue weighted by molar-refractivity contribution is 6.30. The lowest BCUT2D eigenvalue weighted by Crippen LogP contribution is -2.34. The van der Waals surface area contributed by atoms with Gasteiger partial charge in [-0.25, -0.2) is 0 Å². The Bertz CT molecular complexity index is 366. The number of halogens is 1. The molecule has 0 unspecified atom stereocenters. The number of nitrogens with one attached hydrogen (secondary N) is 1. The first-order chi connectivity index (χ1) is 7.50. The van der Waals surface area contributed by atoms with Gasteiger partial charge >= 0.3 is 0 Å². The normalized spacial score (nSPS) is 12.2. The molecule has 0 aliphatic carbocycles. The van der Waals surface area contributed by atoms with E-state index in [-0.39, 0.29) is 11.9 Å². The molecule has 0 radical (unpaired) electrons. The summed E-state index contributed by atoms with van der Waals surface area (Å²) >= 11 is 5.90. The van der Waals surface area contributed by atoms with Crippen LogP contribution in [0.15, 0.2) is 24.3 Å². The lowest BCUT2D eigenvalue weighted by Gasteiger charge is -2.16. The molecule has 1 atom stereocenters. The maximum atomic E-state index is 11.4. The first-order valence-electron chi connectivity index (χ1n) is 5.19. The van der Waals surface area contributed by atoms with Crippen molar-refractivity contribution < 1.29 is 4.79 Å². The van der Waals surface area contributed by atoms with Crippen molar-refractivity contribution in [3.8, 4) is 0 Å². The fraction of sp³-hybridized carbons (Fsp3) is 0.417. The van der Waals surface area contributed by atoms with Crippen LogP contribution in [0.25, 0.3) is 0 Å². The van der Waals surface area contributed by atoms with Crippen molar-refractivity contribution in [2.24, 2.45) is 0 Å². The van der Waals surface area contributed by atoms with Gasteiger partial charge in [0, 0.05) is 25.2 Å². The number of amides is 1. The van der Waals surface area contributed by atoms with Crippen molar-refractivity contribution in [2.45, 2.75) is 13.0 Å². The van der Waals surface area contributed by atoms with Crippen LogP contribution in [0.2, 0.25) is 5.02 Å². The number of rotatable bonds is 4. The predicted octanol–water partition coefficient (Wildman–Crippen LogP) is 2.08. The number of nitrogens with zero attached hydrogens (tertiary/aromatic N) is 1. The Morgan fingerprint density at radius 2 is 2.19 bits per heavy atom. The minimum absolute atomic E-state index is 0.0638. The fourth-order valence-corrected chi connectivity index (χ4v) is 1.49. The van der Waals surface area contributed by atoms with Crippen LogP contribution in [0.4, 0.5) is 0 Å². The highest BCUT2D eigenvalue weighted by Crippen LogP contribution is 2.16. The molecule has 1 amide bonds. The summed E-state index contributed by atoms with van der Waals surface area (Å²) < 4.78 is 0. The van der Waals surface area contributed by atoms with Crippen molar-refractivity contribution in [2.75, 3.05) is 20.6 Å². The summed E-state index contributed by atoms with van der Waals surface area (Å²) in [7, 11) is 3.49. The van der Waals surface area contributed by atoms with Gasteiger partial charge in [0.2, 0.25) is 5.91 Å². The molecule has 1 aromatic rings. The highest BCUT2D eigenvalue weighted by atomic mass is 35.5. The first kappa shape index (κ1) is 13.0. The Balaban J connectivity index is 2.53. The van der Waals surface area contributed by atoms with Gasteiger partial charge in [-0.15, -0.1) is 0 Å². The van der Waals surface area contributed by atoms with Gasteiger partial charge in [-0.2, -0.15) is 0 Å². The van der Waals surface area contributed by atoms with Crippen molar-refractivity contribution in [3.63, 3.8) is 0 Å². The molecule has 1 aromatic carbocycles. The zero-order valence-electron chi connectivity index (χ0n) is 9.83. The SMILES string of the molecule is C[C@H](NCC(=O)N(C)C)c1cccc(Cl)c1. The number of carbonyl (C=O) groups is 1. The zero-order valence-corrected chi connectivity index (χ0v) is 10.6. The van der Waals surface area contributed by atoms with E-state index in [1.54, 1.807) is 19.0 Å². The summed E-state index contributed by atoms with van der Waals surface area (Å²) in [6.07, 6.45) is 0. The van der Waals surface area contributed by atoms with Gasteiger partial charge in [-0.3, -0.25) is 4.79 Å². The third-order valence-electron chi connectivity index (χ3n) is 2.41. The van der Waals surface area contributed by atoms with E-state index >= 15 is 0 Å². The fourth-order valence-electron chi connectivity index (χ4n) is 1.29. The largest absolute Gasteiger partial charge is 0.348 e. The van der Waals surface area contributed by atoms with Gasteiger partial charge in [0.15, 0.2) is 0 Å². The van der Waals surface area contributed by atoms with Gasteiger partial charge in [0.25, 0.3) is 0 Å². The van der Waals surface area contributed by atoms with E-state index in [0.29, 0.717) is 11.6 Å². The molecule has 0 heterocycles. The average Bonchev–Trinajstić information content (AvgIpc) is 2.25. The molecular formula is C12H17ClN2O. The number of hydrogen-bond acceptors (Lipinski definition) is 2. The first-order valence-corrected chi connectivity index (χ1v) is 5.57. The molecule has 0 aromatic heterocycles. The molecule has 88 valence electrons. The molecule has 0 aliphatic rings. The zero-order chi connectivity index (χ0) is 12.1. The minimum atomic E-state index is 0.0638. The molecule has 0 saturated carbocycles. The van der Waals surface area contributed by atoms with E-state index < -0.39 is 0 Å². The molecule has 16 heavy (non-hydrogen) atoms. The molecule has 0 fully saturated rings. The third kappa shape index (κ3) is 3.83. The molecule has 1 N–H and O–H groups in total. The van der Waals surface area contributed by atoms with E-state index in [0.717, 1.165) is 5.56 Å². The van der Waals surface area contributed by atoms with E-state index in [9.17, 15) is 4.79 Å². The lowest BCUT2D eigenvalue weighted by molar-refractivity contribution is -0.127. The second-order valence-corrected chi connectivity index (χ2v) is 4.38. The van der Waals surface area contributed by atoms with Crippen LogP contribution in [0, 0.1) is 0 Å². The predicted molar refractivity (Wildman–Crippen MR) is 66.6 cm³/mol.